The zero-order valence-electron chi connectivity index (χ0n) is 8.70. The highest BCUT2D eigenvalue weighted by Crippen LogP contribution is 2.19. The molecule has 2 nitrogen and oxygen atoms in total. The number of aromatic nitrogens is 1. The second-order valence-corrected chi connectivity index (χ2v) is 3.57. The zero-order valence-corrected chi connectivity index (χ0v) is 8.70. The average Bonchev–Trinajstić information content (AvgIpc) is 2.27. The third-order valence-electron chi connectivity index (χ3n) is 2.56. The minimum absolute atomic E-state index is 0.549. The molecule has 0 amide bonds. The summed E-state index contributed by atoms with van der Waals surface area (Å²) >= 11 is 0. The molecule has 0 unspecified atom stereocenters. The van der Waals surface area contributed by atoms with Crippen molar-refractivity contribution in [3.63, 3.8) is 0 Å². The number of aryl methyl sites for hydroxylation is 1. The fourth-order valence-corrected chi connectivity index (χ4v) is 1.78. The number of nitrogens with zero attached hydrogens (tertiary/aromatic N) is 2. The van der Waals surface area contributed by atoms with Crippen LogP contribution in [-0.4, -0.2) is 11.5 Å². The van der Waals surface area contributed by atoms with Crippen LogP contribution in [0.1, 0.15) is 11.1 Å². The smallest absolute Gasteiger partial charge is 0.218 e. The van der Waals surface area contributed by atoms with Gasteiger partial charge in [-0.15, -0.1) is 0 Å². The summed E-state index contributed by atoms with van der Waals surface area (Å²) in [5.74, 6) is 0. The molecule has 0 bridgehead atoms. The van der Waals surface area contributed by atoms with Gasteiger partial charge < -0.3 is 4.85 Å². The molecule has 0 aliphatic rings. The number of fused-ring (bicyclic) bond motifs is 1. The standard InChI is InChI=1S/C13H12N2/c1-10-4-3-5-12-11(6-8-14-2)7-9-15-13(10)12/h3-5,7,9H,6,8H2,1H3. The first-order valence-electron chi connectivity index (χ1n) is 4.99. The van der Waals surface area contributed by atoms with Crippen molar-refractivity contribution in [2.24, 2.45) is 0 Å². The first-order chi connectivity index (χ1) is 7.33. The van der Waals surface area contributed by atoms with E-state index >= 15 is 0 Å². The monoisotopic (exact) mass is 196 g/mol. The van der Waals surface area contributed by atoms with E-state index in [0.717, 1.165) is 11.9 Å². The third kappa shape index (κ3) is 1.82. The van der Waals surface area contributed by atoms with E-state index in [2.05, 4.69) is 28.9 Å². The Morgan fingerprint density at radius 2 is 2.20 bits per heavy atom. The van der Waals surface area contributed by atoms with E-state index in [0.29, 0.717) is 6.54 Å². The largest absolute Gasteiger partial charge is 0.317 e. The highest BCUT2D eigenvalue weighted by Gasteiger charge is 2.04. The van der Waals surface area contributed by atoms with Crippen molar-refractivity contribution in [1.29, 1.82) is 0 Å². The van der Waals surface area contributed by atoms with Crippen LogP contribution in [0.3, 0.4) is 0 Å². The summed E-state index contributed by atoms with van der Waals surface area (Å²) in [6.45, 7) is 9.42. The summed E-state index contributed by atoms with van der Waals surface area (Å²) in [7, 11) is 0. The first kappa shape index (κ1) is 9.67. The Bertz CT molecular complexity index is 524. The van der Waals surface area contributed by atoms with Gasteiger partial charge in [-0.1, -0.05) is 18.2 Å². The van der Waals surface area contributed by atoms with Crippen LogP contribution in [-0.2, 0) is 6.42 Å². The zero-order chi connectivity index (χ0) is 10.7. The fourth-order valence-electron chi connectivity index (χ4n) is 1.78. The van der Waals surface area contributed by atoms with E-state index in [1.165, 1.54) is 16.5 Å². The molecular formula is C13H12N2. The molecule has 1 aromatic heterocycles. The van der Waals surface area contributed by atoms with Gasteiger partial charge in [0.25, 0.3) is 0 Å². The van der Waals surface area contributed by atoms with Crippen molar-refractivity contribution in [3.05, 3.63) is 53.0 Å². The Hall–Kier alpha value is -1.88. The molecule has 1 heterocycles. The molecular weight excluding hydrogens is 184 g/mol. The van der Waals surface area contributed by atoms with Crippen molar-refractivity contribution in [1.82, 2.24) is 4.98 Å². The number of rotatable bonds is 2. The molecule has 0 aliphatic carbocycles. The lowest BCUT2D eigenvalue weighted by molar-refractivity contribution is 1.09. The Kier molecular flexibility index (Phi) is 2.64. The van der Waals surface area contributed by atoms with Gasteiger partial charge in [0.1, 0.15) is 0 Å². The van der Waals surface area contributed by atoms with Crippen LogP contribution in [0, 0.1) is 13.5 Å². The maximum Gasteiger partial charge on any atom is 0.218 e. The van der Waals surface area contributed by atoms with E-state index in [1.807, 2.05) is 18.3 Å². The first-order valence-corrected chi connectivity index (χ1v) is 4.99. The molecule has 2 heteroatoms. The molecule has 0 aliphatic heterocycles. The number of para-hydroxylation sites is 1. The van der Waals surface area contributed by atoms with Crippen molar-refractivity contribution in [3.8, 4) is 0 Å². The van der Waals surface area contributed by atoms with Crippen molar-refractivity contribution in [2.75, 3.05) is 6.54 Å². The van der Waals surface area contributed by atoms with Crippen LogP contribution in [0.25, 0.3) is 15.7 Å². The maximum absolute atomic E-state index is 6.81. The van der Waals surface area contributed by atoms with Gasteiger partial charge in [-0.05, 0) is 24.1 Å². The molecule has 0 N–H and O–H groups in total. The Labute approximate surface area is 89.4 Å². The van der Waals surface area contributed by atoms with Crippen molar-refractivity contribution in [2.45, 2.75) is 13.3 Å². The Balaban J connectivity index is 2.57. The normalized spacial score (nSPS) is 10.1. The van der Waals surface area contributed by atoms with E-state index in [4.69, 9.17) is 6.57 Å². The molecule has 0 spiro atoms. The summed E-state index contributed by atoms with van der Waals surface area (Å²) < 4.78 is 0. The van der Waals surface area contributed by atoms with Crippen LogP contribution >= 0.6 is 0 Å². The molecule has 0 saturated heterocycles. The minimum Gasteiger partial charge on any atom is -0.317 e. The van der Waals surface area contributed by atoms with Gasteiger partial charge in [-0.2, -0.15) is 0 Å². The molecule has 74 valence electrons. The average molecular weight is 196 g/mol. The van der Waals surface area contributed by atoms with Gasteiger partial charge in [0.15, 0.2) is 0 Å². The fraction of sp³-hybridized carbons (Fsp3) is 0.231. The van der Waals surface area contributed by atoms with Crippen LogP contribution in [0.15, 0.2) is 30.5 Å². The SMILES string of the molecule is [C-]#[N+]CCc1ccnc2c(C)cccc12. The second-order valence-electron chi connectivity index (χ2n) is 3.57. The van der Waals surface area contributed by atoms with Crippen LogP contribution in [0.4, 0.5) is 0 Å². The molecule has 0 atom stereocenters. The van der Waals surface area contributed by atoms with Crippen LogP contribution in [0.2, 0.25) is 0 Å². The number of hydrogen-bond acceptors (Lipinski definition) is 1. The number of benzene rings is 1. The lowest BCUT2D eigenvalue weighted by Crippen LogP contribution is -1.92. The second kappa shape index (κ2) is 4.10. The van der Waals surface area contributed by atoms with Gasteiger partial charge in [0.2, 0.25) is 6.54 Å². The van der Waals surface area contributed by atoms with Gasteiger partial charge in [0.05, 0.1) is 5.52 Å². The summed E-state index contributed by atoms with van der Waals surface area (Å²) in [6.07, 6.45) is 2.64. The Morgan fingerprint density at radius 1 is 1.33 bits per heavy atom. The molecule has 2 rings (SSSR count). The Morgan fingerprint density at radius 3 is 3.00 bits per heavy atom. The van der Waals surface area contributed by atoms with E-state index < -0.39 is 0 Å². The van der Waals surface area contributed by atoms with Gasteiger partial charge in [-0.25, -0.2) is 6.57 Å². The highest BCUT2D eigenvalue weighted by molar-refractivity contribution is 5.84. The summed E-state index contributed by atoms with van der Waals surface area (Å²) in [6, 6.07) is 8.19. The number of hydrogen-bond donors (Lipinski definition) is 0. The van der Waals surface area contributed by atoms with Gasteiger partial charge >= 0.3 is 0 Å². The van der Waals surface area contributed by atoms with Crippen LogP contribution < -0.4 is 0 Å². The molecule has 15 heavy (non-hydrogen) atoms. The molecule has 0 fully saturated rings. The summed E-state index contributed by atoms with van der Waals surface area (Å²) in [4.78, 5) is 7.76. The summed E-state index contributed by atoms with van der Waals surface area (Å²) in [5, 5.41) is 1.18. The lowest BCUT2D eigenvalue weighted by atomic mass is 10.0. The molecule has 0 saturated carbocycles. The van der Waals surface area contributed by atoms with E-state index in [9.17, 15) is 0 Å². The van der Waals surface area contributed by atoms with Crippen LogP contribution in [0.5, 0.6) is 0 Å². The molecule has 1 aromatic carbocycles. The van der Waals surface area contributed by atoms with E-state index in [-0.39, 0.29) is 0 Å². The molecule has 2 aromatic rings. The predicted octanol–water partition coefficient (Wildman–Crippen LogP) is 3.01. The predicted molar refractivity (Wildman–Crippen MR) is 61.7 cm³/mol. The van der Waals surface area contributed by atoms with Crippen molar-refractivity contribution < 1.29 is 0 Å². The quantitative estimate of drug-likeness (QED) is 0.675. The van der Waals surface area contributed by atoms with Gasteiger partial charge in [0, 0.05) is 18.0 Å². The van der Waals surface area contributed by atoms with E-state index in [1.54, 1.807) is 0 Å². The lowest BCUT2D eigenvalue weighted by Gasteiger charge is -2.04. The minimum atomic E-state index is 0.549. The van der Waals surface area contributed by atoms with Gasteiger partial charge in [-0.3, -0.25) is 4.98 Å². The van der Waals surface area contributed by atoms with Crippen molar-refractivity contribution >= 4 is 10.9 Å². The topological polar surface area (TPSA) is 17.2 Å². The third-order valence-corrected chi connectivity index (χ3v) is 2.56. The highest BCUT2D eigenvalue weighted by atomic mass is 14.7. The summed E-state index contributed by atoms with van der Waals surface area (Å²) in [5.41, 5.74) is 3.47. The number of pyridine rings is 1. The molecule has 0 radical (unpaired) electrons. The maximum atomic E-state index is 6.81.